The number of amides is 1. The van der Waals surface area contributed by atoms with Gasteiger partial charge in [0.15, 0.2) is 6.10 Å². The second kappa shape index (κ2) is 9.97. The predicted octanol–water partition coefficient (Wildman–Crippen LogP) is 5.00. The lowest BCUT2D eigenvalue weighted by Gasteiger charge is -2.24. The lowest BCUT2D eigenvalue weighted by molar-refractivity contribution is -0.142. The number of aryl methyl sites for hydroxylation is 1. The molecule has 0 radical (unpaired) electrons. The number of hydrogen-bond acceptors (Lipinski definition) is 6. The fourth-order valence-corrected chi connectivity index (χ4v) is 5.91. The number of carbonyl (C=O) groups excluding carboxylic acids is 1. The lowest BCUT2D eigenvalue weighted by Crippen LogP contribution is -2.36. The maximum atomic E-state index is 13.3. The molecule has 1 saturated carbocycles. The summed E-state index contributed by atoms with van der Waals surface area (Å²) in [5.74, 6) is -0.158. The van der Waals surface area contributed by atoms with Gasteiger partial charge >= 0.3 is 6.18 Å². The zero-order valence-electron chi connectivity index (χ0n) is 21.2. The van der Waals surface area contributed by atoms with Crippen molar-refractivity contribution in [3.8, 4) is 11.1 Å². The van der Waals surface area contributed by atoms with Crippen LogP contribution in [0.3, 0.4) is 0 Å². The van der Waals surface area contributed by atoms with E-state index >= 15 is 0 Å². The molecular formula is C29H25F3N4O3S. The van der Waals surface area contributed by atoms with Crippen LogP contribution in [0.4, 0.5) is 13.2 Å². The summed E-state index contributed by atoms with van der Waals surface area (Å²) >= 11 is 1.38. The van der Waals surface area contributed by atoms with Crippen molar-refractivity contribution in [2.45, 2.75) is 49.9 Å². The smallest absolute Gasteiger partial charge is 0.378 e. The van der Waals surface area contributed by atoms with Crippen molar-refractivity contribution in [1.82, 2.24) is 19.2 Å². The number of nitrogens with one attached hydrogen (secondary N) is 1. The van der Waals surface area contributed by atoms with Gasteiger partial charge in [-0.1, -0.05) is 36.4 Å². The molecule has 2 aliphatic rings. The number of benzene rings is 2. The molecule has 4 aromatic rings. The number of aromatic amines is 1. The van der Waals surface area contributed by atoms with Crippen LogP contribution in [-0.4, -0.2) is 36.8 Å². The first-order valence-electron chi connectivity index (χ1n) is 12.9. The molecule has 1 fully saturated rings. The molecule has 40 heavy (non-hydrogen) atoms. The van der Waals surface area contributed by atoms with Crippen molar-refractivity contribution in [2.75, 3.05) is 6.54 Å². The Balaban J connectivity index is 1.26. The van der Waals surface area contributed by atoms with Crippen LogP contribution in [-0.2, 0) is 29.4 Å². The van der Waals surface area contributed by atoms with Crippen molar-refractivity contribution in [3.63, 3.8) is 0 Å². The molecule has 0 bridgehead atoms. The van der Waals surface area contributed by atoms with Gasteiger partial charge in [-0.25, -0.2) is 9.36 Å². The molecule has 6 rings (SSSR count). The van der Waals surface area contributed by atoms with Gasteiger partial charge in [-0.15, -0.1) is 0 Å². The highest BCUT2D eigenvalue weighted by molar-refractivity contribution is 7.03. The summed E-state index contributed by atoms with van der Waals surface area (Å²) < 4.78 is 43.6. The number of aliphatic hydroxyl groups excluding tert-OH is 1. The number of rotatable bonds is 5. The van der Waals surface area contributed by atoms with E-state index in [1.54, 1.807) is 0 Å². The summed E-state index contributed by atoms with van der Waals surface area (Å²) in [7, 11) is 0. The highest BCUT2D eigenvalue weighted by Crippen LogP contribution is 2.52. The summed E-state index contributed by atoms with van der Waals surface area (Å²) in [5.41, 5.74) is 2.24. The number of halogens is 3. The number of alkyl halides is 3. The molecule has 1 atom stereocenters. The first-order chi connectivity index (χ1) is 19.2. The van der Waals surface area contributed by atoms with Crippen LogP contribution in [0.25, 0.3) is 11.1 Å². The molecular weight excluding hydrogens is 541 g/mol. The number of fused-ring (bicyclic) bond motifs is 1. The quantitative estimate of drug-likeness (QED) is 0.354. The third kappa shape index (κ3) is 4.84. The van der Waals surface area contributed by atoms with Crippen LogP contribution in [0.5, 0.6) is 0 Å². The van der Waals surface area contributed by atoms with Crippen molar-refractivity contribution in [1.29, 1.82) is 0 Å². The van der Waals surface area contributed by atoms with Crippen molar-refractivity contribution in [2.24, 2.45) is 0 Å². The van der Waals surface area contributed by atoms with Gasteiger partial charge in [-0.2, -0.15) is 13.2 Å². The van der Waals surface area contributed by atoms with Gasteiger partial charge < -0.3 is 15.0 Å². The Bertz CT molecular complexity index is 1630. The molecule has 0 saturated heterocycles. The molecule has 1 aliphatic carbocycles. The summed E-state index contributed by atoms with van der Waals surface area (Å²) in [6.07, 6.45) is -1.91. The van der Waals surface area contributed by atoms with E-state index in [2.05, 4.69) is 15.4 Å². The van der Waals surface area contributed by atoms with E-state index in [-0.39, 0.29) is 24.2 Å². The Kier molecular flexibility index (Phi) is 6.58. The number of nitrogens with zero attached hydrogens (tertiary/aromatic N) is 3. The Labute approximate surface area is 231 Å². The largest absolute Gasteiger partial charge is 0.416 e. The van der Waals surface area contributed by atoms with E-state index in [9.17, 15) is 27.9 Å². The molecule has 2 aromatic heterocycles. The van der Waals surface area contributed by atoms with Crippen molar-refractivity contribution in [3.05, 3.63) is 104 Å². The monoisotopic (exact) mass is 566 g/mol. The number of hydrogen-bond donors (Lipinski definition) is 2. The minimum Gasteiger partial charge on any atom is -0.378 e. The van der Waals surface area contributed by atoms with Gasteiger partial charge in [0.05, 0.1) is 28.8 Å². The molecule has 2 aromatic carbocycles. The Morgan fingerprint density at radius 3 is 2.65 bits per heavy atom. The van der Waals surface area contributed by atoms with Gasteiger partial charge in [0.1, 0.15) is 5.82 Å². The molecule has 206 valence electrons. The standard InChI is InChI=1S/C29H25F3N4O3S/c30-29(31,32)21-7-2-5-18(13-21)24(37)26(39)36-11-3-8-23-22(15-36)25(38)35-27(34-23)28(9-10-28)20-6-1-4-17(12-20)19-14-33-40-16-19/h1-2,4-7,12-14,16,24,37H,3,8-11,15H2,(H,34,35,38)/t24-/m1/s1. The van der Waals surface area contributed by atoms with Crippen LogP contribution in [0.2, 0.25) is 0 Å². The fourth-order valence-electron chi connectivity index (χ4n) is 5.37. The summed E-state index contributed by atoms with van der Waals surface area (Å²) in [4.78, 5) is 35.6. The molecule has 7 nitrogen and oxygen atoms in total. The zero-order valence-corrected chi connectivity index (χ0v) is 22.1. The first kappa shape index (κ1) is 26.4. The molecule has 1 aliphatic heterocycles. The van der Waals surface area contributed by atoms with Crippen LogP contribution in [0.1, 0.15) is 59.1 Å². The fraction of sp³-hybridized carbons (Fsp3) is 0.310. The first-order valence-corrected chi connectivity index (χ1v) is 13.8. The van der Waals surface area contributed by atoms with E-state index < -0.39 is 29.2 Å². The third-order valence-electron chi connectivity index (χ3n) is 7.75. The summed E-state index contributed by atoms with van der Waals surface area (Å²) in [6, 6.07) is 12.3. The van der Waals surface area contributed by atoms with Crippen LogP contribution in [0.15, 0.2) is 64.9 Å². The maximum absolute atomic E-state index is 13.3. The second-order valence-corrected chi connectivity index (χ2v) is 11.0. The highest BCUT2D eigenvalue weighted by Gasteiger charge is 2.49. The molecule has 3 heterocycles. The Morgan fingerprint density at radius 2 is 1.93 bits per heavy atom. The zero-order chi connectivity index (χ0) is 28.1. The Morgan fingerprint density at radius 1 is 1.12 bits per heavy atom. The highest BCUT2D eigenvalue weighted by atomic mass is 32.1. The van der Waals surface area contributed by atoms with Crippen LogP contribution >= 0.6 is 11.5 Å². The third-order valence-corrected chi connectivity index (χ3v) is 8.34. The van der Waals surface area contributed by atoms with Gasteiger partial charge in [-0.3, -0.25) is 9.59 Å². The number of carbonyl (C=O) groups is 1. The molecule has 1 amide bonds. The maximum Gasteiger partial charge on any atom is 0.416 e. The van der Waals surface area contributed by atoms with Gasteiger partial charge in [0.25, 0.3) is 11.5 Å². The number of aromatic nitrogens is 3. The summed E-state index contributed by atoms with van der Waals surface area (Å²) in [6.45, 7) is 0.155. The number of H-pyrrole nitrogens is 1. The molecule has 2 N–H and O–H groups in total. The molecule has 0 spiro atoms. The predicted molar refractivity (Wildman–Crippen MR) is 143 cm³/mol. The normalized spacial score (nSPS) is 17.1. The van der Waals surface area contributed by atoms with E-state index in [0.717, 1.165) is 47.7 Å². The van der Waals surface area contributed by atoms with E-state index in [4.69, 9.17) is 4.98 Å². The van der Waals surface area contributed by atoms with Crippen LogP contribution < -0.4 is 5.56 Å². The minimum atomic E-state index is -4.60. The van der Waals surface area contributed by atoms with Crippen LogP contribution in [0, 0.1) is 0 Å². The van der Waals surface area contributed by atoms with Crippen molar-refractivity contribution < 1.29 is 23.1 Å². The van der Waals surface area contributed by atoms with E-state index in [1.807, 2.05) is 29.8 Å². The van der Waals surface area contributed by atoms with Gasteiger partial charge in [0.2, 0.25) is 0 Å². The van der Waals surface area contributed by atoms with Crippen molar-refractivity contribution >= 4 is 17.4 Å². The molecule has 0 unspecified atom stereocenters. The van der Waals surface area contributed by atoms with E-state index in [1.165, 1.54) is 22.5 Å². The van der Waals surface area contributed by atoms with Gasteiger partial charge in [-0.05, 0) is 66.0 Å². The topological polar surface area (TPSA) is 99.2 Å². The summed E-state index contributed by atoms with van der Waals surface area (Å²) in [5, 5.41) is 12.6. The minimum absolute atomic E-state index is 0.0829. The van der Waals surface area contributed by atoms with Gasteiger partial charge in [0, 0.05) is 23.7 Å². The lowest BCUT2D eigenvalue weighted by atomic mass is 9.92. The number of aliphatic hydroxyl groups is 1. The SMILES string of the molecule is O=C([C@H](O)c1cccc(C(F)(F)F)c1)N1CCCc2nc(C3(c4cccc(-c5cnsc5)c4)CC3)[nH]c(=O)c2C1. The Hall–Kier alpha value is -3.83. The van der Waals surface area contributed by atoms with E-state index in [0.29, 0.717) is 29.9 Å². The average Bonchev–Trinajstić information content (AvgIpc) is 3.64. The average molecular weight is 567 g/mol. The molecule has 11 heteroatoms. The second-order valence-electron chi connectivity index (χ2n) is 10.3.